The highest BCUT2D eigenvalue weighted by molar-refractivity contribution is 6.32. The van der Waals surface area contributed by atoms with Crippen LogP contribution >= 0.6 is 11.6 Å². The summed E-state index contributed by atoms with van der Waals surface area (Å²) < 4.78 is 5.65. The number of likely N-dealkylation sites (tertiary alicyclic amines) is 1. The molecule has 4 nitrogen and oxygen atoms in total. The Hall–Kier alpha value is -0.810. The van der Waals surface area contributed by atoms with E-state index in [2.05, 4.69) is 11.8 Å². The van der Waals surface area contributed by atoms with Crippen molar-refractivity contribution >= 4 is 11.6 Å². The van der Waals surface area contributed by atoms with E-state index in [0.29, 0.717) is 29.3 Å². The highest BCUT2D eigenvalue weighted by Gasteiger charge is 2.26. The van der Waals surface area contributed by atoms with Gasteiger partial charge in [-0.1, -0.05) is 17.7 Å². The molecule has 124 valence electrons. The van der Waals surface area contributed by atoms with Crippen LogP contribution in [0.4, 0.5) is 0 Å². The Morgan fingerprint density at radius 3 is 2.91 bits per heavy atom. The van der Waals surface area contributed by atoms with Gasteiger partial charge in [0.2, 0.25) is 0 Å². The van der Waals surface area contributed by atoms with E-state index in [1.807, 2.05) is 19.1 Å². The van der Waals surface area contributed by atoms with Gasteiger partial charge in [-0.15, -0.1) is 0 Å². The number of piperidine rings is 1. The van der Waals surface area contributed by atoms with Crippen molar-refractivity contribution in [2.75, 3.05) is 26.3 Å². The van der Waals surface area contributed by atoms with Crippen LogP contribution in [0.2, 0.25) is 5.02 Å². The quantitative estimate of drug-likeness (QED) is 0.843. The number of β-amino-alcohol motifs (C(OH)–C–C–N with tert-alkyl or cyclic N) is 1. The molecule has 0 aromatic heterocycles. The molecule has 0 unspecified atom stereocenters. The Morgan fingerprint density at radius 1 is 1.41 bits per heavy atom. The first kappa shape index (κ1) is 17.5. The maximum atomic E-state index is 10.2. The van der Waals surface area contributed by atoms with Gasteiger partial charge in [0.15, 0.2) is 0 Å². The fourth-order valence-electron chi connectivity index (χ4n) is 2.90. The second kappa shape index (κ2) is 8.16. The zero-order chi connectivity index (χ0) is 16.1. The normalized spacial score (nSPS) is 24.2. The summed E-state index contributed by atoms with van der Waals surface area (Å²) in [5.74, 6) is 0.927. The Morgan fingerprint density at radius 2 is 2.18 bits per heavy atom. The van der Waals surface area contributed by atoms with E-state index in [1.54, 1.807) is 6.07 Å². The van der Waals surface area contributed by atoms with E-state index in [0.717, 1.165) is 24.9 Å². The molecule has 1 heterocycles. The van der Waals surface area contributed by atoms with Gasteiger partial charge in [-0.3, -0.25) is 4.90 Å². The topological polar surface area (TPSA) is 52.9 Å². The van der Waals surface area contributed by atoms with E-state index in [1.165, 1.54) is 0 Å². The number of aliphatic hydroxyl groups excluding tert-OH is 2. The van der Waals surface area contributed by atoms with Gasteiger partial charge in [0.05, 0.1) is 5.02 Å². The van der Waals surface area contributed by atoms with Crippen molar-refractivity contribution in [3.8, 4) is 5.75 Å². The molecule has 22 heavy (non-hydrogen) atoms. The Bertz CT molecular complexity index is 483. The third kappa shape index (κ3) is 4.85. The minimum Gasteiger partial charge on any atom is -0.489 e. The first-order chi connectivity index (χ1) is 10.5. The van der Waals surface area contributed by atoms with Crippen molar-refractivity contribution in [1.82, 2.24) is 4.90 Å². The number of hydrogen-bond acceptors (Lipinski definition) is 4. The highest BCUT2D eigenvalue weighted by Crippen LogP contribution is 2.26. The number of benzene rings is 1. The Labute approximate surface area is 137 Å². The third-order valence-electron chi connectivity index (χ3n) is 4.33. The third-order valence-corrected chi connectivity index (χ3v) is 4.64. The van der Waals surface area contributed by atoms with Gasteiger partial charge >= 0.3 is 0 Å². The lowest BCUT2D eigenvalue weighted by atomic mass is 9.94. The standard InChI is InChI=1S/C17H26ClNO3/c1-12-3-6-16(18)17(7-12)22-11-15(21)9-19-8-14(10-20)5-4-13(19)2/h3,6-7,13-15,20-21H,4-5,8-11H2,1-2H3/t13-,14+,15-/m1/s1. The summed E-state index contributed by atoms with van der Waals surface area (Å²) in [5, 5.41) is 20.1. The van der Waals surface area contributed by atoms with Crippen LogP contribution in [0.15, 0.2) is 18.2 Å². The maximum Gasteiger partial charge on any atom is 0.138 e. The van der Waals surface area contributed by atoms with Gasteiger partial charge in [-0.05, 0) is 50.3 Å². The van der Waals surface area contributed by atoms with Crippen LogP contribution in [0.5, 0.6) is 5.75 Å². The van der Waals surface area contributed by atoms with Crippen molar-refractivity contribution in [3.05, 3.63) is 28.8 Å². The van der Waals surface area contributed by atoms with Gasteiger partial charge in [-0.25, -0.2) is 0 Å². The molecule has 1 aliphatic rings. The molecule has 1 aliphatic heterocycles. The maximum absolute atomic E-state index is 10.2. The Balaban J connectivity index is 1.84. The minimum absolute atomic E-state index is 0.217. The average Bonchev–Trinajstić information content (AvgIpc) is 2.50. The molecule has 5 heteroatoms. The first-order valence-electron chi connectivity index (χ1n) is 7.91. The summed E-state index contributed by atoms with van der Waals surface area (Å²) in [6, 6.07) is 6.04. The van der Waals surface area contributed by atoms with Crippen LogP contribution < -0.4 is 4.74 Å². The molecular weight excluding hydrogens is 302 g/mol. The summed E-state index contributed by atoms with van der Waals surface area (Å²) in [4.78, 5) is 2.23. The Kier molecular flexibility index (Phi) is 6.50. The van der Waals surface area contributed by atoms with Crippen molar-refractivity contribution < 1.29 is 14.9 Å². The molecule has 0 aliphatic carbocycles. The molecule has 0 radical (unpaired) electrons. The summed E-state index contributed by atoms with van der Waals surface area (Å²) in [6.07, 6.45) is 1.54. The van der Waals surface area contributed by atoms with Crippen LogP contribution in [0, 0.1) is 12.8 Å². The smallest absolute Gasteiger partial charge is 0.138 e. The largest absolute Gasteiger partial charge is 0.489 e. The fourth-order valence-corrected chi connectivity index (χ4v) is 3.07. The van der Waals surface area contributed by atoms with Crippen molar-refractivity contribution in [2.24, 2.45) is 5.92 Å². The molecule has 0 amide bonds. The van der Waals surface area contributed by atoms with Gasteiger partial charge in [-0.2, -0.15) is 0 Å². The first-order valence-corrected chi connectivity index (χ1v) is 8.29. The van der Waals surface area contributed by atoms with E-state index < -0.39 is 6.10 Å². The lowest BCUT2D eigenvalue weighted by Gasteiger charge is -2.38. The number of rotatable bonds is 6. The van der Waals surface area contributed by atoms with Gasteiger partial charge in [0, 0.05) is 25.7 Å². The fraction of sp³-hybridized carbons (Fsp3) is 0.647. The van der Waals surface area contributed by atoms with Crippen LogP contribution in [-0.4, -0.2) is 53.6 Å². The second-order valence-electron chi connectivity index (χ2n) is 6.33. The molecule has 1 saturated heterocycles. The molecule has 2 N–H and O–H groups in total. The number of ether oxygens (including phenoxy) is 1. The SMILES string of the molecule is Cc1ccc(Cl)c(OC[C@H](O)CN2C[C@@H](CO)CC[C@H]2C)c1. The summed E-state index contributed by atoms with van der Waals surface area (Å²) >= 11 is 6.09. The highest BCUT2D eigenvalue weighted by atomic mass is 35.5. The van der Waals surface area contributed by atoms with Crippen LogP contribution in [0.1, 0.15) is 25.3 Å². The molecule has 1 aromatic carbocycles. The predicted octanol–water partition coefficient (Wildman–Crippen LogP) is 2.48. The van der Waals surface area contributed by atoms with Gasteiger partial charge in [0.25, 0.3) is 0 Å². The number of aryl methyl sites for hydroxylation is 1. The predicted molar refractivity (Wildman–Crippen MR) is 88.5 cm³/mol. The van der Waals surface area contributed by atoms with Gasteiger partial charge < -0.3 is 14.9 Å². The van der Waals surface area contributed by atoms with Crippen molar-refractivity contribution in [2.45, 2.75) is 38.8 Å². The lowest BCUT2D eigenvalue weighted by Crippen LogP contribution is -2.47. The molecule has 1 fully saturated rings. The number of halogens is 1. The van der Waals surface area contributed by atoms with Crippen LogP contribution in [0.25, 0.3) is 0 Å². The summed E-state index contributed by atoms with van der Waals surface area (Å²) in [7, 11) is 0. The molecule has 0 bridgehead atoms. The zero-order valence-corrected chi connectivity index (χ0v) is 14.1. The zero-order valence-electron chi connectivity index (χ0n) is 13.3. The molecule has 0 spiro atoms. The number of hydrogen-bond donors (Lipinski definition) is 2. The van der Waals surface area contributed by atoms with E-state index >= 15 is 0 Å². The lowest BCUT2D eigenvalue weighted by molar-refractivity contribution is 0.0210. The van der Waals surface area contributed by atoms with Crippen molar-refractivity contribution in [3.63, 3.8) is 0 Å². The molecule has 0 saturated carbocycles. The molecule has 3 atom stereocenters. The summed E-state index contributed by atoms with van der Waals surface area (Å²) in [5.41, 5.74) is 1.07. The average molecular weight is 328 g/mol. The monoisotopic (exact) mass is 327 g/mol. The minimum atomic E-state index is -0.573. The number of aliphatic hydroxyl groups is 2. The van der Waals surface area contributed by atoms with E-state index in [-0.39, 0.29) is 13.2 Å². The van der Waals surface area contributed by atoms with Gasteiger partial charge in [0.1, 0.15) is 18.5 Å². The molecule has 1 aromatic rings. The van der Waals surface area contributed by atoms with Crippen LogP contribution in [0.3, 0.4) is 0 Å². The van der Waals surface area contributed by atoms with Crippen LogP contribution in [-0.2, 0) is 0 Å². The van der Waals surface area contributed by atoms with E-state index in [9.17, 15) is 10.2 Å². The molecular formula is C17H26ClNO3. The second-order valence-corrected chi connectivity index (χ2v) is 6.73. The van der Waals surface area contributed by atoms with E-state index in [4.69, 9.17) is 16.3 Å². The molecule has 2 rings (SSSR count). The number of nitrogens with zero attached hydrogens (tertiary/aromatic N) is 1. The van der Waals surface area contributed by atoms with Crippen molar-refractivity contribution in [1.29, 1.82) is 0 Å². The summed E-state index contributed by atoms with van der Waals surface area (Å²) in [6.45, 7) is 5.97.